The number of halogens is 2. The summed E-state index contributed by atoms with van der Waals surface area (Å²) in [6.45, 7) is 7.67. The lowest BCUT2D eigenvalue weighted by Crippen LogP contribution is -2.31. The van der Waals surface area contributed by atoms with Gasteiger partial charge < -0.3 is 0 Å². The number of hydrogen-bond acceptors (Lipinski definition) is 3. The summed E-state index contributed by atoms with van der Waals surface area (Å²) in [5.74, 6) is -1.31. The van der Waals surface area contributed by atoms with Crippen LogP contribution in [-0.2, 0) is 15.6 Å². The quantitative estimate of drug-likeness (QED) is 0.543. The van der Waals surface area contributed by atoms with Crippen LogP contribution >= 0.6 is 0 Å². The largest absolute Gasteiger partial charge is 0.259 e. The third kappa shape index (κ3) is 4.47. The van der Waals surface area contributed by atoms with E-state index < -0.39 is 33.2 Å². The Morgan fingerprint density at radius 1 is 1.09 bits per heavy atom. The minimum Gasteiger partial charge on any atom is -0.259 e. The topological polar surface area (TPSA) is 64.0 Å². The highest BCUT2D eigenvalue weighted by Crippen LogP contribution is 2.45. The molecule has 5 nitrogen and oxygen atoms in total. The van der Waals surface area contributed by atoms with Crippen LogP contribution in [0.15, 0.2) is 53.6 Å². The van der Waals surface area contributed by atoms with E-state index in [1.54, 1.807) is 35.1 Å². The first kappa shape index (κ1) is 22.6. The molecule has 1 atom stereocenters. The van der Waals surface area contributed by atoms with E-state index in [9.17, 15) is 17.2 Å². The number of nitrogens with one attached hydrogen (secondary N) is 1. The highest BCUT2D eigenvalue weighted by atomic mass is 32.2. The smallest absolute Gasteiger partial charge is 0.241 e. The van der Waals surface area contributed by atoms with Gasteiger partial charge >= 0.3 is 0 Å². The number of benzene rings is 2. The molecule has 0 spiro atoms. The van der Waals surface area contributed by atoms with E-state index >= 15 is 0 Å². The molecule has 1 saturated carbocycles. The van der Waals surface area contributed by atoms with Gasteiger partial charge in [-0.15, -0.1) is 0 Å². The maximum atomic E-state index is 14.9. The molecule has 1 aliphatic rings. The molecule has 32 heavy (non-hydrogen) atoms. The molecule has 1 aliphatic carbocycles. The Bertz CT molecular complexity index is 1240. The van der Waals surface area contributed by atoms with Crippen molar-refractivity contribution in [2.75, 3.05) is 0 Å². The third-order valence-electron chi connectivity index (χ3n) is 5.66. The molecule has 0 aliphatic heterocycles. The number of sulfonamides is 1. The summed E-state index contributed by atoms with van der Waals surface area (Å²) in [6.07, 6.45) is 3.31. The predicted molar refractivity (Wildman–Crippen MR) is 120 cm³/mol. The Labute approximate surface area is 187 Å². The second-order valence-corrected chi connectivity index (χ2v) is 11.1. The number of aromatic nitrogens is 2. The van der Waals surface area contributed by atoms with Crippen molar-refractivity contribution < 1.29 is 17.2 Å². The van der Waals surface area contributed by atoms with Gasteiger partial charge in [-0.05, 0) is 70.7 Å². The van der Waals surface area contributed by atoms with Crippen LogP contribution in [0, 0.1) is 24.5 Å². The van der Waals surface area contributed by atoms with E-state index in [0.29, 0.717) is 11.3 Å². The van der Waals surface area contributed by atoms with E-state index in [2.05, 4.69) is 9.82 Å². The molecule has 3 aromatic rings. The summed E-state index contributed by atoms with van der Waals surface area (Å²) in [6, 6.07) is 9.48. The Hall–Kier alpha value is -2.58. The van der Waals surface area contributed by atoms with E-state index in [-0.39, 0.29) is 16.4 Å². The first-order valence-corrected chi connectivity index (χ1v) is 12.1. The van der Waals surface area contributed by atoms with Crippen molar-refractivity contribution in [3.8, 4) is 11.3 Å². The zero-order valence-corrected chi connectivity index (χ0v) is 19.4. The van der Waals surface area contributed by atoms with Gasteiger partial charge in [0.2, 0.25) is 10.0 Å². The van der Waals surface area contributed by atoms with Gasteiger partial charge in [0.1, 0.15) is 11.6 Å². The van der Waals surface area contributed by atoms with E-state index in [1.165, 1.54) is 12.1 Å². The van der Waals surface area contributed by atoms with Gasteiger partial charge in [0.05, 0.1) is 28.4 Å². The first-order valence-electron chi connectivity index (χ1n) is 10.6. The lowest BCUT2D eigenvalue weighted by atomic mass is 9.97. The van der Waals surface area contributed by atoms with Crippen LogP contribution < -0.4 is 4.72 Å². The van der Waals surface area contributed by atoms with Gasteiger partial charge in [-0.3, -0.25) is 4.68 Å². The number of rotatable bonds is 6. The van der Waals surface area contributed by atoms with Crippen LogP contribution in [0.5, 0.6) is 0 Å². The molecule has 8 heteroatoms. The van der Waals surface area contributed by atoms with Crippen LogP contribution in [0.1, 0.15) is 50.8 Å². The van der Waals surface area contributed by atoms with Crippen LogP contribution in [0.2, 0.25) is 0 Å². The fourth-order valence-corrected chi connectivity index (χ4v) is 5.13. The molecular weight excluding hydrogens is 432 g/mol. The number of aryl methyl sites for hydroxylation is 1. The second kappa shape index (κ2) is 8.08. The molecule has 0 bridgehead atoms. The summed E-state index contributed by atoms with van der Waals surface area (Å²) in [7, 11) is -3.81. The van der Waals surface area contributed by atoms with Gasteiger partial charge in [-0.1, -0.05) is 17.7 Å². The van der Waals surface area contributed by atoms with Crippen LogP contribution in [0.3, 0.4) is 0 Å². The Kier molecular flexibility index (Phi) is 5.71. The van der Waals surface area contributed by atoms with Gasteiger partial charge in [0.15, 0.2) is 0 Å². The van der Waals surface area contributed by atoms with Crippen molar-refractivity contribution in [1.82, 2.24) is 14.5 Å². The Balaban J connectivity index is 1.83. The SMILES string of the molecule is Cc1ccc(S(=O)(=O)NC(c2cnn(C(C)(C)C)c2-c2ccc(F)cc2F)C2CC2)cc1. The average molecular weight is 460 g/mol. The minimum atomic E-state index is -3.81. The lowest BCUT2D eigenvalue weighted by molar-refractivity contribution is 0.359. The fourth-order valence-electron chi connectivity index (χ4n) is 3.84. The molecule has 1 aromatic heterocycles. The molecule has 0 radical (unpaired) electrons. The molecule has 0 amide bonds. The highest BCUT2D eigenvalue weighted by Gasteiger charge is 2.39. The number of nitrogens with zero attached hydrogens (tertiary/aromatic N) is 2. The van der Waals surface area contributed by atoms with E-state index in [0.717, 1.165) is 24.5 Å². The van der Waals surface area contributed by atoms with Gasteiger partial charge in [0.25, 0.3) is 0 Å². The van der Waals surface area contributed by atoms with Crippen molar-refractivity contribution in [3.63, 3.8) is 0 Å². The molecule has 1 N–H and O–H groups in total. The third-order valence-corrected chi connectivity index (χ3v) is 7.12. The van der Waals surface area contributed by atoms with Crippen LogP contribution in [0.25, 0.3) is 11.3 Å². The molecular formula is C24H27F2N3O2S. The van der Waals surface area contributed by atoms with Gasteiger partial charge in [-0.2, -0.15) is 5.10 Å². The summed E-state index contributed by atoms with van der Waals surface area (Å²) in [5, 5.41) is 4.49. The van der Waals surface area contributed by atoms with Crippen molar-refractivity contribution in [2.45, 2.75) is 57.0 Å². The standard InChI is InChI=1S/C24H27F2N3O2S/c1-15-5-10-18(11-6-15)32(30,31)28-22(16-7-8-16)20-14-27-29(24(2,3)4)23(20)19-12-9-17(25)13-21(19)26/h5-6,9-14,16,22,28H,7-8H2,1-4H3. The Morgan fingerprint density at radius 3 is 2.31 bits per heavy atom. The molecule has 170 valence electrons. The van der Waals surface area contributed by atoms with E-state index in [4.69, 9.17) is 0 Å². The second-order valence-electron chi connectivity index (χ2n) is 9.40. The van der Waals surface area contributed by atoms with Crippen molar-refractivity contribution in [2.24, 2.45) is 5.92 Å². The minimum absolute atomic E-state index is 0.0788. The van der Waals surface area contributed by atoms with Gasteiger partial charge in [-0.25, -0.2) is 21.9 Å². The van der Waals surface area contributed by atoms with E-state index in [1.807, 2.05) is 27.7 Å². The van der Waals surface area contributed by atoms with Crippen LogP contribution in [0.4, 0.5) is 8.78 Å². The molecule has 4 rings (SSSR count). The van der Waals surface area contributed by atoms with Crippen molar-refractivity contribution in [3.05, 3.63) is 71.4 Å². The zero-order valence-electron chi connectivity index (χ0n) is 18.6. The fraction of sp³-hybridized carbons (Fsp3) is 0.375. The Morgan fingerprint density at radius 2 is 1.75 bits per heavy atom. The predicted octanol–water partition coefficient (Wildman–Crippen LogP) is 5.32. The normalized spacial score (nSPS) is 15.7. The summed E-state index contributed by atoms with van der Waals surface area (Å²) in [4.78, 5) is 0.173. The van der Waals surface area contributed by atoms with Crippen molar-refractivity contribution in [1.29, 1.82) is 0 Å². The number of hydrogen-bond donors (Lipinski definition) is 1. The lowest BCUT2D eigenvalue weighted by Gasteiger charge is -2.25. The molecule has 2 aromatic carbocycles. The molecule has 1 heterocycles. The van der Waals surface area contributed by atoms with Crippen molar-refractivity contribution >= 4 is 10.0 Å². The first-order chi connectivity index (χ1) is 15.0. The molecule has 0 saturated heterocycles. The molecule has 1 fully saturated rings. The summed E-state index contributed by atoms with van der Waals surface area (Å²) in [5.41, 5.74) is 1.69. The summed E-state index contributed by atoms with van der Waals surface area (Å²) >= 11 is 0. The monoisotopic (exact) mass is 459 g/mol. The van der Waals surface area contributed by atoms with Gasteiger partial charge in [0, 0.05) is 17.2 Å². The maximum Gasteiger partial charge on any atom is 0.241 e. The summed E-state index contributed by atoms with van der Waals surface area (Å²) < 4.78 is 59.3. The molecule has 1 unspecified atom stereocenters. The van der Waals surface area contributed by atoms with Crippen LogP contribution in [-0.4, -0.2) is 18.2 Å². The highest BCUT2D eigenvalue weighted by molar-refractivity contribution is 7.89. The average Bonchev–Trinajstić information content (AvgIpc) is 3.44. The maximum absolute atomic E-state index is 14.9. The zero-order chi connectivity index (χ0) is 23.3.